The van der Waals surface area contributed by atoms with E-state index in [1.54, 1.807) is 6.20 Å². The van der Waals surface area contributed by atoms with E-state index in [0.29, 0.717) is 0 Å². The van der Waals surface area contributed by atoms with E-state index in [1.807, 2.05) is 0 Å². The van der Waals surface area contributed by atoms with E-state index in [4.69, 9.17) is 4.42 Å². The number of aromatic nitrogens is 1. The van der Waals surface area contributed by atoms with E-state index >= 15 is 0 Å². The number of piperidine rings is 1. The van der Waals surface area contributed by atoms with Gasteiger partial charge in [0.05, 0.1) is 6.20 Å². The zero-order chi connectivity index (χ0) is 8.67. The highest BCUT2D eigenvalue weighted by atomic mass is 16.3. The van der Waals surface area contributed by atoms with E-state index < -0.39 is 0 Å². The lowest BCUT2D eigenvalue weighted by Crippen LogP contribution is -2.17. The van der Waals surface area contributed by atoms with E-state index in [2.05, 4.69) is 16.0 Å². The van der Waals surface area contributed by atoms with Gasteiger partial charge in [0.25, 0.3) is 0 Å². The molecule has 0 spiro atoms. The lowest BCUT2D eigenvalue weighted by Gasteiger charge is -2.13. The molecule has 0 radical (unpaired) electrons. The average Bonchev–Trinajstić information content (AvgIpc) is 2.77. The second kappa shape index (κ2) is 2.70. The molecule has 0 amide bonds. The second-order valence-corrected chi connectivity index (χ2v) is 3.84. The van der Waals surface area contributed by atoms with Crippen molar-refractivity contribution in [2.45, 2.75) is 6.42 Å². The number of hydrogen-bond acceptors (Lipinski definition) is 3. The molecule has 0 aliphatic carbocycles. The van der Waals surface area contributed by atoms with Crippen LogP contribution in [0.4, 0.5) is 0 Å². The van der Waals surface area contributed by atoms with Crippen molar-refractivity contribution in [1.82, 2.24) is 9.88 Å². The van der Waals surface area contributed by atoms with Crippen molar-refractivity contribution in [2.75, 3.05) is 19.6 Å². The minimum absolute atomic E-state index is 0.782. The Morgan fingerprint density at radius 3 is 3.23 bits per heavy atom. The van der Waals surface area contributed by atoms with Gasteiger partial charge in [-0.25, -0.2) is 4.98 Å². The van der Waals surface area contributed by atoms with Crippen LogP contribution in [0.25, 0.3) is 6.08 Å². The van der Waals surface area contributed by atoms with Gasteiger partial charge in [0, 0.05) is 13.1 Å². The molecule has 1 aromatic heterocycles. The lowest BCUT2D eigenvalue weighted by molar-refractivity contribution is 0.393. The normalized spacial score (nSPS) is 34.6. The maximum absolute atomic E-state index is 5.20. The van der Waals surface area contributed by atoms with Crippen molar-refractivity contribution in [1.29, 1.82) is 0 Å². The SMILES string of the molecule is C(=C1CN2CCC1C2)c1cnco1. The zero-order valence-corrected chi connectivity index (χ0v) is 7.44. The molecule has 2 atom stereocenters. The molecule has 3 nitrogen and oxygen atoms in total. The van der Waals surface area contributed by atoms with Gasteiger partial charge in [0.2, 0.25) is 0 Å². The van der Waals surface area contributed by atoms with Crippen LogP contribution in [0.3, 0.4) is 0 Å². The fourth-order valence-corrected chi connectivity index (χ4v) is 2.31. The van der Waals surface area contributed by atoms with E-state index in [1.165, 1.54) is 31.5 Å². The fourth-order valence-electron chi connectivity index (χ4n) is 2.31. The first-order valence-corrected chi connectivity index (χ1v) is 4.73. The number of rotatable bonds is 1. The summed E-state index contributed by atoms with van der Waals surface area (Å²) in [6.07, 6.45) is 6.73. The summed E-state index contributed by atoms with van der Waals surface area (Å²) in [6.45, 7) is 3.66. The Morgan fingerprint density at radius 1 is 1.62 bits per heavy atom. The fraction of sp³-hybridized carbons (Fsp3) is 0.500. The molecule has 2 unspecified atom stereocenters. The summed E-state index contributed by atoms with van der Waals surface area (Å²) in [5.41, 5.74) is 1.52. The highest BCUT2D eigenvalue weighted by molar-refractivity contribution is 5.49. The van der Waals surface area contributed by atoms with E-state index in [-0.39, 0.29) is 0 Å². The van der Waals surface area contributed by atoms with Crippen LogP contribution < -0.4 is 0 Å². The summed E-state index contributed by atoms with van der Waals surface area (Å²) in [7, 11) is 0. The van der Waals surface area contributed by atoms with Crippen molar-refractivity contribution in [3.8, 4) is 0 Å². The molecule has 3 heteroatoms. The third-order valence-corrected chi connectivity index (χ3v) is 2.98. The van der Waals surface area contributed by atoms with Gasteiger partial charge in [-0.15, -0.1) is 0 Å². The summed E-state index contributed by atoms with van der Waals surface area (Å²) >= 11 is 0. The summed E-state index contributed by atoms with van der Waals surface area (Å²) in [6, 6.07) is 0. The standard InChI is InChI=1S/C10H12N2O/c1-2-12-5-8(1)9(6-12)3-10-4-11-7-13-10/h3-4,7-8H,1-2,5-6H2. The topological polar surface area (TPSA) is 29.3 Å². The van der Waals surface area contributed by atoms with Gasteiger partial charge in [-0.2, -0.15) is 0 Å². The Morgan fingerprint density at radius 2 is 2.62 bits per heavy atom. The predicted molar refractivity (Wildman–Crippen MR) is 49.0 cm³/mol. The van der Waals surface area contributed by atoms with Crippen LogP contribution in [0, 0.1) is 5.92 Å². The molecular weight excluding hydrogens is 164 g/mol. The van der Waals surface area contributed by atoms with Gasteiger partial charge in [-0.3, -0.25) is 4.90 Å². The van der Waals surface area contributed by atoms with E-state index in [9.17, 15) is 0 Å². The highest BCUT2D eigenvalue weighted by Crippen LogP contribution is 2.33. The first-order valence-electron chi connectivity index (χ1n) is 4.73. The number of hydrogen-bond donors (Lipinski definition) is 0. The van der Waals surface area contributed by atoms with Gasteiger partial charge in [0.15, 0.2) is 6.39 Å². The Balaban J connectivity index is 1.86. The minimum atomic E-state index is 0.782. The van der Waals surface area contributed by atoms with Gasteiger partial charge in [0.1, 0.15) is 5.76 Å². The first-order chi connectivity index (χ1) is 6.42. The summed E-state index contributed by atoms with van der Waals surface area (Å²) in [5.74, 6) is 1.67. The highest BCUT2D eigenvalue weighted by Gasteiger charge is 2.33. The third kappa shape index (κ3) is 1.20. The average molecular weight is 176 g/mol. The first kappa shape index (κ1) is 7.33. The molecule has 2 saturated heterocycles. The van der Waals surface area contributed by atoms with Gasteiger partial charge in [-0.1, -0.05) is 0 Å². The molecule has 2 aliphatic rings. The van der Waals surface area contributed by atoms with Crippen molar-refractivity contribution in [3.63, 3.8) is 0 Å². The Labute approximate surface area is 77.1 Å². The van der Waals surface area contributed by atoms with Crippen molar-refractivity contribution in [2.24, 2.45) is 5.92 Å². The monoisotopic (exact) mass is 176 g/mol. The van der Waals surface area contributed by atoms with Crippen LogP contribution >= 0.6 is 0 Å². The molecule has 2 aliphatic heterocycles. The number of fused-ring (bicyclic) bond motifs is 2. The second-order valence-electron chi connectivity index (χ2n) is 3.84. The molecule has 2 bridgehead atoms. The van der Waals surface area contributed by atoms with Gasteiger partial charge < -0.3 is 4.42 Å². The Hall–Kier alpha value is -1.09. The smallest absolute Gasteiger partial charge is 0.181 e. The zero-order valence-electron chi connectivity index (χ0n) is 7.44. The van der Waals surface area contributed by atoms with Crippen molar-refractivity contribution >= 4 is 6.08 Å². The van der Waals surface area contributed by atoms with Crippen LogP contribution in [0.5, 0.6) is 0 Å². The van der Waals surface area contributed by atoms with E-state index in [0.717, 1.165) is 18.2 Å². The predicted octanol–water partition coefficient (Wildman–Crippen LogP) is 1.39. The number of nitrogens with zero attached hydrogens (tertiary/aromatic N) is 2. The summed E-state index contributed by atoms with van der Waals surface area (Å²) in [5, 5.41) is 0. The van der Waals surface area contributed by atoms with Crippen molar-refractivity contribution in [3.05, 3.63) is 23.9 Å². The van der Waals surface area contributed by atoms with Crippen LogP contribution in [0.1, 0.15) is 12.2 Å². The minimum Gasteiger partial charge on any atom is -0.444 e. The molecule has 0 N–H and O–H groups in total. The Kier molecular flexibility index (Phi) is 1.52. The molecule has 3 rings (SSSR count). The molecule has 0 aromatic carbocycles. The van der Waals surface area contributed by atoms with Crippen LogP contribution in [0.15, 0.2) is 22.6 Å². The molecule has 3 heterocycles. The number of oxazole rings is 1. The third-order valence-electron chi connectivity index (χ3n) is 2.98. The Bertz CT molecular complexity index is 329. The van der Waals surface area contributed by atoms with Crippen LogP contribution in [-0.4, -0.2) is 29.5 Å². The quantitative estimate of drug-likeness (QED) is 0.647. The van der Waals surface area contributed by atoms with Gasteiger partial charge in [-0.05, 0) is 30.5 Å². The lowest BCUT2D eigenvalue weighted by atomic mass is 9.99. The van der Waals surface area contributed by atoms with Gasteiger partial charge >= 0.3 is 0 Å². The molecule has 68 valence electrons. The summed E-state index contributed by atoms with van der Waals surface area (Å²) in [4.78, 5) is 6.39. The molecule has 13 heavy (non-hydrogen) atoms. The van der Waals surface area contributed by atoms with Crippen LogP contribution in [-0.2, 0) is 0 Å². The maximum Gasteiger partial charge on any atom is 0.181 e. The molecule has 2 fully saturated rings. The molecular formula is C10H12N2O. The largest absolute Gasteiger partial charge is 0.444 e. The van der Waals surface area contributed by atoms with Crippen LogP contribution in [0.2, 0.25) is 0 Å². The maximum atomic E-state index is 5.20. The molecule has 1 aromatic rings. The molecule has 0 saturated carbocycles. The summed E-state index contributed by atoms with van der Waals surface area (Å²) < 4.78 is 5.20. The van der Waals surface area contributed by atoms with Crippen molar-refractivity contribution < 1.29 is 4.42 Å².